The van der Waals surface area contributed by atoms with E-state index >= 15 is 0 Å². The molecule has 5 nitrogen and oxygen atoms in total. The van der Waals surface area contributed by atoms with Gasteiger partial charge in [-0.2, -0.15) is 0 Å². The lowest BCUT2D eigenvalue weighted by Crippen LogP contribution is -2.13. The molecule has 0 unspecified atom stereocenters. The minimum Gasteiger partial charge on any atom is -0.355 e. The summed E-state index contributed by atoms with van der Waals surface area (Å²) < 4.78 is 45.4. The monoisotopic (exact) mass is 338 g/mol. The maximum absolute atomic E-state index is 13.2. The van der Waals surface area contributed by atoms with Crippen LogP contribution in [0.3, 0.4) is 0 Å². The molecule has 0 aliphatic heterocycles. The molecule has 2 aromatic heterocycles. The molecule has 0 saturated heterocycles. The first-order chi connectivity index (χ1) is 10.5. The van der Waals surface area contributed by atoms with Crippen LogP contribution >= 0.6 is 11.3 Å². The van der Waals surface area contributed by atoms with Crippen molar-refractivity contribution in [1.29, 1.82) is 0 Å². The van der Waals surface area contributed by atoms with Gasteiger partial charge in [-0.1, -0.05) is 11.2 Å². The number of rotatable bonds is 4. The van der Waals surface area contributed by atoms with Crippen molar-refractivity contribution in [1.82, 2.24) is 5.16 Å². The Bertz CT molecular complexity index is 902. The molecule has 0 saturated carbocycles. The Labute approximate surface area is 130 Å². The maximum atomic E-state index is 13.2. The fourth-order valence-electron chi connectivity index (χ4n) is 1.96. The van der Waals surface area contributed by atoms with Gasteiger partial charge in [0, 0.05) is 10.9 Å². The van der Waals surface area contributed by atoms with Gasteiger partial charge in [0.2, 0.25) is 0 Å². The highest BCUT2D eigenvalue weighted by molar-refractivity contribution is 7.93. The minimum absolute atomic E-state index is 0.133. The lowest BCUT2D eigenvalue weighted by Gasteiger charge is -2.07. The number of halogens is 1. The minimum atomic E-state index is -3.80. The Balaban J connectivity index is 1.96. The highest BCUT2D eigenvalue weighted by atomic mass is 32.2. The molecular formula is C14H11FN2O3S2. The molecule has 3 aromatic rings. The Morgan fingerprint density at radius 2 is 2.09 bits per heavy atom. The summed E-state index contributed by atoms with van der Waals surface area (Å²) in [7, 11) is -3.80. The van der Waals surface area contributed by atoms with Gasteiger partial charge >= 0.3 is 0 Å². The average molecular weight is 338 g/mol. The number of aryl methyl sites for hydroxylation is 1. The van der Waals surface area contributed by atoms with Crippen LogP contribution in [0.15, 0.2) is 52.0 Å². The van der Waals surface area contributed by atoms with Crippen LogP contribution in [0.4, 0.5) is 10.1 Å². The van der Waals surface area contributed by atoms with Gasteiger partial charge in [-0.3, -0.25) is 4.72 Å². The highest BCUT2D eigenvalue weighted by Crippen LogP contribution is 2.34. The van der Waals surface area contributed by atoms with Gasteiger partial charge in [-0.05, 0) is 31.2 Å². The van der Waals surface area contributed by atoms with Crippen molar-refractivity contribution in [2.24, 2.45) is 0 Å². The molecule has 0 atom stereocenters. The van der Waals surface area contributed by atoms with Crippen molar-refractivity contribution in [3.63, 3.8) is 0 Å². The summed E-state index contributed by atoms with van der Waals surface area (Å²) in [5, 5.41) is 3.60. The van der Waals surface area contributed by atoms with Crippen LogP contribution in [0.1, 0.15) is 4.88 Å². The quantitative estimate of drug-likeness (QED) is 0.788. The van der Waals surface area contributed by atoms with Crippen molar-refractivity contribution in [2.75, 3.05) is 4.72 Å². The molecule has 3 rings (SSSR count). The summed E-state index contributed by atoms with van der Waals surface area (Å²) in [4.78, 5) is 1.40. The predicted molar refractivity (Wildman–Crippen MR) is 81.8 cm³/mol. The van der Waals surface area contributed by atoms with Crippen LogP contribution in [0.25, 0.3) is 10.6 Å². The first-order valence-corrected chi connectivity index (χ1v) is 8.55. The number of sulfonamides is 1. The van der Waals surface area contributed by atoms with E-state index in [-0.39, 0.29) is 10.6 Å². The molecule has 0 spiro atoms. The van der Waals surface area contributed by atoms with Crippen LogP contribution < -0.4 is 4.72 Å². The number of anilines is 1. The number of benzene rings is 1. The van der Waals surface area contributed by atoms with Gasteiger partial charge in [0.25, 0.3) is 10.0 Å². The van der Waals surface area contributed by atoms with Gasteiger partial charge in [-0.25, -0.2) is 12.8 Å². The van der Waals surface area contributed by atoms with E-state index in [1.54, 1.807) is 13.0 Å². The smallest absolute Gasteiger partial charge is 0.263 e. The Hall–Kier alpha value is -2.19. The Morgan fingerprint density at radius 3 is 2.77 bits per heavy atom. The fraction of sp³-hybridized carbons (Fsp3) is 0.0714. The van der Waals surface area contributed by atoms with Crippen LogP contribution in [0.5, 0.6) is 0 Å². The third-order valence-electron chi connectivity index (χ3n) is 2.92. The molecule has 0 bridgehead atoms. The average Bonchev–Trinajstić information content (AvgIpc) is 3.07. The molecule has 0 aliphatic carbocycles. The number of aromatic nitrogens is 1. The largest absolute Gasteiger partial charge is 0.355 e. The van der Waals surface area contributed by atoms with Gasteiger partial charge in [0.15, 0.2) is 5.76 Å². The Morgan fingerprint density at radius 1 is 1.27 bits per heavy atom. The van der Waals surface area contributed by atoms with Gasteiger partial charge < -0.3 is 4.52 Å². The third-order valence-corrected chi connectivity index (χ3v) is 5.62. The lowest BCUT2D eigenvalue weighted by atomic mass is 10.3. The van der Waals surface area contributed by atoms with Crippen molar-refractivity contribution in [2.45, 2.75) is 11.8 Å². The summed E-state index contributed by atoms with van der Waals surface area (Å²) in [6, 6.07) is 8.46. The van der Waals surface area contributed by atoms with Crippen LogP contribution in [0.2, 0.25) is 0 Å². The molecule has 0 fully saturated rings. The predicted octanol–water partition coefficient (Wildman–Crippen LogP) is 3.65. The lowest BCUT2D eigenvalue weighted by molar-refractivity contribution is 0.433. The number of hydrogen-bond donors (Lipinski definition) is 1. The third kappa shape index (κ3) is 2.88. The zero-order valence-corrected chi connectivity index (χ0v) is 13.0. The molecule has 0 amide bonds. The van der Waals surface area contributed by atoms with Crippen molar-refractivity contribution >= 4 is 27.0 Å². The van der Waals surface area contributed by atoms with Gasteiger partial charge in [0.1, 0.15) is 10.7 Å². The van der Waals surface area contributed by atoms with Crippen LogP contribution in [-0.2, 0) is 10.0 Å². The van der Waals surface area contributed by atoms with Crippen molar-refractivity contribution < 1.29 is 17.3 Å². The Kier molecular flexibility index (Phi) is 3.71. The number of nitrogens with zero attached hydrogens (tertiary/aromatic N) is 1. The summed E-state index contributed by atoms with van der Waals surface area (Å²) >= 11 is 1.29. The summed E-state index contributed by atoms with van der Waals surface area (Å²) in [6.07, 6.45) is 1.49. The molecule has 0 aliphatic rings. The van der Waals surface area contributed by atoms with E-state index in [0.717, 1.165) is 6.07 Å². The zero-order chi connectivity index (χ0) is 15.7. The summed E-state index contributed by atoms with van der Waals surface area (Å²) in [6.45, 7) is 1.70. The second-order valence-corrected chi connectivity index (χ2v) is 7.43. The van der Waals surface area contributed by atoms with Crippen LogP contribution in [-0.4, -0.2) is 13.6 Å². The van der Waals surface area contributed by atoms with Crippen LogP contribution in [0, 0.1) is 12.7 Å². The fourth-order valence-corrected chi connectivity index (χ4v) is 4.56. The summed E-state index contributed by atoms with van der Waals surface area (Å²) in [5.41, 5.74) is 0.173. The topological polar surface area (TPSA) is 72.2 Å². The van der Waals surface area contributed by atoms with E-state index in [9.17, 15) is 12.8 Å². The molecule has 1 N–H and O–H groups in total. The van der Waals surface area contributed by atoms with E-state index < -0.39 is 15.8 Å². The molecule has 8 heteroatoms. The second-order valence-electron chi connectivity index (χ2n) is 4.52. The van der Waals surface area contributed by atoms with E-state index in [1.807, 2.05) is 0 Å². The van der Waals surface area contributed by atoms with Crippen molar-refractivity contribution in [3.05, 3.63) is 53.3 Å². The normalized spacial score (nSPS) is 11.5. The van der Waals surface area contributed by atoms with E-state index in [2.05, 4.69) is 9.88 Å². The molecule has 2 heterocycles. The molecular weight excluding hydrogens is 327 g/mol. The molecule has 114 valence electrons. The zero-order valence-electron chi connectivity index (χ0n) is 11.4. The molecule has 1 aromatic carbocycles. The first kappa shape index (κ1) is 14.7. The highest BCUT2D eigenvalue weighted by Gasteiger charge is 2.21. The molecule has 22 heavy (non-hydrogen) atoms. The van der Waals surface area contributed by atoms with E-state index in [1.165, 1.54) is 41.8 Å². The van der Waals surface area contributed by atoms with Gasteiger partial charge in [-0.15, -0.1) is 11.3 Å². The van der Waals surface area contributed by atoms with E-state index in [0.29, 0.717) is 15.5 Å². The SMILES string of the molecule is Cc1sc(-c2ccno2)cc1S(=O)(=O)Nc1cccc(F)c1. The number of nitrogens with one attached hydrogen (secondary N) is 1. The molecule has 0 radical (unpaired) electrons. The standard InChI is InChI=1S/C14H11FN2O3S2/c1-9-14(8-13(21-9)12-5-6-16-20-12)22(18,19)17-11-4-2-3-10(15)7-11/h2-8,17H,1H3. The second kappa shape index (κ2) is 5.54. The maximum Gasteiger partial charge on any atom is 0.263 e. The summed E-state index contributed by atoms with van der Waals surface area (Å²) in [5.74, 6) is -0.00936. The number of hydrogen-bond acceptors (Lipinski definition) is 5. The van der Waals surface area contributed by atoms with E-state index in [4.69, 9.17) is 4.52 Å². The van der Waals surface area contributed by atoms with Crippen molar-refractivity contribution in [3.8, 4) is 10.6 Å². The number of thiophene rings is 1. The van der Waals surface area contributed by atoms with Gasteiger partial charge in [0.05, 0.1) is 16.8 Å². The first-order valence-electron chi connectivity index (χ1n) is 6.25.